The number of anilines is 1. The Kier molecular flexibility index (Phi) is 14.9. The molecule has 4 rings (SSSR count). The molecule has 43 heavy (non-hydrogen) atoms. The lowest BCUT2D eigenvalue weighted by Gasteiger charge is -2.17. The zero-order chi connectivity index (χ0) is 29.2. The third-order valence-corrected chi connectivity index (χ3v) is 9.00. The van der Waals surface area contributed by atoms with Crippen LogP contribution in [0.3, 0.4) is 0 Å². The van der Waals surface area contributed by atoms with Gasteiger partial charge in [-0.1, -0.05) is 61.4 Å². The van der Waals surface area contributed by atoms with Crippen molar-refractivity contribution in [3.63, 3.8) is 0 Å². The van der Waals surface area contributed by atoms with Gasteiger partial charge in [-0.25, -0.2) is 13.1 Å². The molecule has 8 nitrogen and oxygen atoms in total. The topological polar surface area (TPSA) is 142 Å². The van der Waals surface area contributed by atoms with Crippen LogP contribution in [0.4, 0.5) is 5.69 Å². The highest BCUT2D eigenvalue weighted by molar-refractivity contribution is 7.90. The molecule has 0 heterocycles. The second-order valence-corrected chi connectivity index (χ2v) is 12.6. The molecule has 236 valence electrons. The number of benzene rings is 3. The molecule has 1 atom stereocenters. The van der Waals surface area contributed by atoms with Gasteiger partial charge < -0.3 is 21.3 Å². The van der Waals surface area contributed by atoms with Crippen LogP contribution in [0.15, 0.2) is 66.7 Å². The third-order valence-electron chi connectivity index (χ3n) is 7.68. The molecule has 0 aliphatic heterocycles. The first kappa shape index (κ1) is 36.5. The minimum absolute atomic E-state index is 0. The zero-order valence-corrected chi connectivity index (χ0v) is 26.7. The second kappa shape index (κ2) is 17.6. The summed E-state index contributed by atoms with van der Waals surface area (Å²) in [6.45, 7) is 1.02. The van der Waals surface area contributed by atoms with E-state index in [1.165, 1.54) is 5.56 Å². The highest BCUT2D eigenvalue weighted by Crippen LogP contribution is 2.38. The fourth-order valence-corrected chi connectivity index (χ4v) is 6.39. The van der Waals surface area contributed by atoms with Gasteiger partial charge in [0.25, 0.3) is 5.91 Å². The minimum atomic E-state index is -3.81. The van der Waals surface area contributed by atoms with E-state index < -0.39 is 22.0 Å². The van der Waals surface area contributed by atoms with Gasteiger partial charge in [0.05, 0.1) is 11.9 Å². The summed E-state index contributed by atoms with van der Waals surface area (Å²) in [5.41, 5.74) is 11.8. The van der Waals surface area contributed by atoms with Crippen molar-refractivity contribution in [2.45, 2.75) is 57.0 Å². The largest absolute Gasteiger partial charge is 0.399 e. The van der Waals surface area contributed by atoms with E-state index in [0.717, 1.165) is 67.3 Å². The molecule has 6 N–H and O–H groups in total. The van der Waals surface area contributed by atoms with Gasteiger partial charge in [0.1, 0.15) is 0 Å². The maximum Gasteiger partial charge on any atom is 0.265 e. The number of nitrogens with two attached hydrogens (primary N) is 1. The van der Waals surface area contributed by atoms with Crippen LogP contribution in [0.1, 0.15) is 77.6 Å². The predicted molar refractivity (Wildman–Crippen MR) is 178 cm³/mol. The maximum atomic E-state index is 13.0. The number of aryl methyl sites for hydroxylation is 1. The lowest BCUT2D eigenvalue weighted by molar-refractivity contribution is 0.0980. The molecule has 3 aromatic carbocycles. The van der Waals surface area contributed by atoms with Crippen molar-refractivity contribution >= 4 is 46.4 Å². The third kappa shape index (κ3) is 10.8. The number of carbonyl (C=O) groups excluding carboxylic acids is 1. The quantitative estimate of drug-likeness (QED) is 0.120. The first-order valence-corrected chi connectivity index (χ1v) is 16.0. The van der Waals surface area contributed by atoms with Crippen LogP contribution in [0, 0.1) is 0 Å². The van der Waals surface area contributed by atoms with E-state index in [0.29, 0.717) is 17.8 Å². The minimum Gasteiger partial charge on any atom is -0.399 e. The van der Waals surface area contributed by atoms with Crippen LogP contribution in [-0.4, -0.2) is 50.0 Å². The molecule has 1 aliphatic rings. The van der Waals surface area contributed by atoms with Crippen LogP contribution in [-0.2, 0) is 16.4 Å². The number of halogens is 2. The number of hydrogen-bond donors (Lipinski definition) is 5. The Hall–Kier alpha value is -2.66. The highest BCUT2D eigenvalue weighted by Gasteiger charge is 2.25. The number of aliphatic hydroxyl groups excluding tert-OH is 2. The molecule has 1 amide bonds. The van der Waals surface area contributed by atoms with Crippen molar-refractivity contribution in [1.29, 1.82) is 0 Å². The zero-order valence-electron chi connectivity index (χ0n) is 24.2. The number of nitrogens with one attached hydrogen (secondary N) is 2. The average Bonchev–Trinajstić information content (AvgIpc) is 3.51. The van der Waals surface area contributed by atoms with Gasteiger partial charge in [0.2, 0.25) is 10.0 Å². The summed E-state index contributed by atoms with van der Waals surface area (Å²) in [5, 5.41) is 22.6. The summed E-state index contributed by atoms with van der Waals surface area (Å²) in [4.78, 5) is 13.0. The van der Waals surface area contributed by atoms with E-state index in [9.17, 15) is 18.3 Å². The molecule has 0 saturated heterocycles. The Bertz CT molecular complexity index is 1400. The molecule has 0 radical (unpaired) electrons. The number of carbonyl (C=O) groups is 1. The summed E-state index contributed by atoms with van der Waals surface area (Å²) >= 11 is 0. The lowest BCUT2D eigenvalue weighted by atomic mass is 9.89. The predicted octanol–water partition coefficient (Wildman–Crippen LogP) is 5.13. The fraction of sp³-hybridized carbons (Fsp3) is 0.406. The van der Waals surface area contributed by atoms with E-state index in [2.05, 4.69) is 34.3 Å². The van der Waals surface area contributed by atoms with Gasteiger partial charge in [-0.15, -0.1) is 24.8 Å². The van der Waals surface area contributed by atoms with Gasteiger partial charge >= 0.3 is 0 Å². The summed E-state index contributed by atoms with van der Waals surface area (Å²) in [5.74, 6) is -0.678. The maximum absolute atomic E-state index is 13.0. The van der Waals surface area contributed by atoms with Crippen molar-refractivity contribution in [3.05, 3.63) is 89.0 Å². The summed E-state index contributed by atoms with van der Waals surface area (Å²) in [7, 11) is -3.81. The number of sulfonamides is 1. The number of rotatable bonds is 14. The Labute approximate surface area is 267 Å². The first-order chi connectivity index (χ1) is 19.8. The van der Waals surface area contributed by atoms with E-state index in [1.807, 2.05) is 24.3 Å². The Balaban J connectivity index is 0.00000323. The van der Waals surface area contributed by atoms with Gasteiger partial charge in [-0.2, -0.15) is 0 Å². The highest BCUT2D eigenvalue weighted by atomic mass is 35.5. The molecular weight excluding hydrogens is 609 g/mol. The van der Waals surface area contributed by atoms with Crippen LogP contribution in [0.25, 0.3) is 11.1 Å². The van der Waals surface area contributed by atoms with Crippen LogP contribution in [0.5, 0.6) is 0 Å². The molecule has 0 aromatic heterocycles. The van der Waals surface area contributed by atoms with Crippen LogP contribution in [0.2, 0.25) is 0 Å². The molecule has 11 heteroatoms. The second-order valence-electron chi connectivity index (χ2n) is 10.8. The molecule has 1 aliphatic carbocycles. The van der Waals surface area contributed by atoms with Gasteiger partial charge in [-0.3, -0.25) is 4.79 Å². The van der Waals surface area contributed by atoms with E-state index in [4.69, 9.17) is 10.8 Å². The molecule has 0 spiro atoms. The molecule has 1 fully saturated rings. The molecule has 0 unspecified atom stereocenters. The molecule has 1 saturated carbocycles. The number of aliphatic hydroxyl groups is 2. The van der Waals surface area contributed by atoms with Crippen molar-refractivity contribution in [1.82, 2.24) is 10.0 Å². The standard InChI is InChI=1S/C32H41N3O5S.2ClH/c33-28-15-12-26(13-16-28)31(37)22-34-18-3-5-23-8-10-24(11-9-23)27-14-17-29(30(21-27)25-6-1-2-7-25)32(38)35-41(39,40)20-4-19-36;;/h8-17,21,25,31,34,36-37H,1-7,18-20,22,33H2,(H,35,38);2*1H/t31-;;/m1../s1. The van der Waals surface area contributed by atoms with Gasteiger partial charge in [0, 0.05) is 24.4 Å². The summed E-state index contributed by atoms with van der Waals surface area (Å²) < 4.78 is 26.7. The smallest absolute Gasteiger partial charge is 0.265 e. The number of hydrogen-bond acceptors (Lipinski definition) is 7. The first-order valence-electron chi connectivity index (χ1n) is 14.4. The van der Waals surface area contributed by atoms with E-state index >= 15 is 0 Å². The van der Waals surface area contributed by atoms with Gasteiger partial charge in [-0.05, 0) is 90.6 Å². The molecular formula is C32H43Cl2N3O5S. The van der Waals surface area contributed by atoms with E-state index in [-0.39, 0.29) is 49.5 Å². The monoisotopic (exact) mass is 651 g/mol. The van der Waals surface area contributed by atoms with Crippen molar-refractivity contribution in [3.8, 4) is 11.1 Å². The average molecular weight is 653 g/mol. The Morgan fingerprint density at radius 3 is 2.23 bits per heavy atom. The number of nitrogen functional groups attached to an aromatic ring is 1. The van der Waals surface area contributed by atoms with Gasteiger partial charge in [0.15, 0.2) is 0 Å². The summed E-state index contributed by atoms with van der Waals surface area (Å²) in [6.07, 6.45) is 5.49. The van der Waals surface area contributed by atoms with E-state index in [1.54, 1.807) is 18.2 Å². The summed E-state index contributed by atoms with van der Waals surface area (Å²) in [6, 6.07) is 21.3. The lowest BCUT2D eigenvalue weighted by Crippen LogP contribution is -2.33. The number of amides is 1. The Morgan fingerprint density at radius 1 is 0.930 bits per heavy atom. The fourth-order valence-electron chi connectivity index (χ4n) is 5.38. The SMILES string of the molecule is Cl.Cl.Nc1ccc([C@H](O)CNCCCc2ccc(-c3ccc(C(=O)NS(=O)(=O)CCCO)c(C4CCCC4)c3)cc2)cc1. The normalized spacial score (nSPS) is 14.0. The van der Waals surface area contributed by atoms with Crippen LogP contribution < -0.4 is 15.8 Å². The Morgan fingerprint density at radius 2 is 1.58 bits per heavy atom. The van der Waals surface area contributed by atoms with Crippen molar-refractivity contribution in [2.75, 3.05) is 31.2 Å². The van der Waals surface area contributed by atoms with Crippen molar-refractivity contribution < 1.29 is 23.4 Å². The van der Waals surface area contributed by atoms with Crippen LogP contribution >= 0.6 is 24.8 Å². The molecule has 0 bridgehead atoms. The van der Waals surface area contributed by atoms with Crippen molar-refractivity contribution in [2.24, 2.45) is 0 Å². The molecule has 3 aromatic rings.